The number of nitrogens with zero attached hydrogens (tertiary/aromatic N) is 8. The van der Waals surface area contributed by atoms with Crippen molar-refractivity contribution in [1.82, 2.24) is 29.5 Å². The second-order valence-electron chi connectivity index (χ2n) is 27.3. The summed E-state index contributed by atoms with van der Waals surface area (Å²) < 4.78 is 2.43. The molecule has 0 spiro atoms. The Kier molecular flexibility index (Phi) is 13.9. The molecule has 17 rings (SSSR count). The lowest BCUT2D eigenvalue weighted by atomic mass is 9.33. The predicted octanol–water partition coefficient (Wildman–Crippen LogP) is 20.1. The summed E-state index contributed by atoms with van der Waals surface area (Å²) in [6.07, 6.45) is 0. The van der Waals surface area contributed by atoms with Crippen molar-refractivity contribution in [3.63, 3.8) is 0 Å². The molecule has 0 fully saturated rings. The molecule has 0 unspecified atom stereocenters. The lowest BCUT2D eigenvalue weighted by molar-refractivity contribution is 0.590. The van der Waals surface area contributed by atoms with Crippen LogP contribution < -0.4 is 26.2 Å². The molecule has 2 aliphatic rings. The van der Waals surface area contributed by atoms with Gasteiger partial charge in [0.2, 0.25) is 0 Å². The van der Waals surface area contributed by atoms with Gasteiger partial charge in [0.05, 0.1) is 28.1 Å². The van der Waals surface area contributed by atoms with Crippen molar-refractivity contribution in [3.8, 4) is 84.9 Å². The topological polar surface area (TPSA) is 75.9 Å². The van der Waals surface area contributed by atoms with Crippen LogP contribution in [0.25, 0.3) is 107 Å². The minimum Gasteiger partial charge on any atom is -0.311 e. The van der Waals surface area contributed by atoms with Crippen molar-refractivity contribution in [3.05, 3.63) is 308 Å². The summed E-state index contributed by atoms with van der Waals surface area (Å²) in [5, 5.41) is 2.40. The highest BCUT2D eigenvalue weighted by Gasteiger charge is 2.43. The van der Waals surface area contributed by atoms with Crippen molar-refractivity contribution in [2.45, 2.75) is 52.4 Å². The SMILES string of the molecule is CC(C)(C)c1ccc2c(c1)c1cc(C(C)(C)C)ccc1n2-c1ccc(-c2nc(-c3ccccc3)nc(-c3ccccc3)n2)cc1-c1cc(-c2ccccc2)nc(-c2ccc(-c3ccc(N4c5ccccc5B5c6ccccc6N(c6ccccc6)c6cccc4c65)cc3)cc2)n1. The van der Waals surface area contributed by atoms with Gasteiger partial charge in [-0.15, -0.1) is 0 Å². The third-order valence-electron chi connectivity index (χ3n) is 19.2. The van der Waals surface area contributed by atoms with Gasteiger partial charge in [0.1, 0.15) is 0 Å². The average Bonchev–Trinajstić information content (AvgIpc) is 0.823. The molecule has 0 radical (unpaired) electrons. The molecule has 2 aliphatic heterocycles. The first kappa shape index (κ1) is 58.0. The van der Waals surface area contributed by atoms with E-state index in [-0.39, 0.29) is 17.5 Å². The van der Waals surface area contributed by atoms with E-state index in [0.29, 0.717) is 23.3 Å². The van der Waals surface area contributed by atoms with E-state index >= 15 is 0 Å². The van der Waals surface area contributed by atoms with Crippen molar-refractivity contribution in [1.29, 1.82) is 0 Å². The zero-order chi connectivity index (χ0) is 64.8. The number of aromatic nitrogens is 6. The van der Waals surface area contributed by atoms with Gasteiger partial charge in [-0.05, 0) is 147 Å². The molecule has 9 heteroatoms. The maximum atomic E-state index is 5.66. The first-order valence-corrected chi connectivity index (χ1v) is 33.1. The molecule has 0 saturated heterocycles. The third-order valence-corrected chi connectivity index (χ3v) is 19.2. The Morgan fingerprint density at radius 3 is 1.20 bits per heavy atom. The molecule has 0 bridgehead atoms. The van der Waals surface area contributed by atoms with Crippen LogP contribution >= 0.6 is 0 Å². The minimum absolute atomic E-state index is 0.0669. The summed E-state index contributed by atoms with van der Waals surface area (Å²) >= 11 is 0. The molecule has 0 N–H and O–H groups in total. The molecular weight excluding hydrogens is 1170 g/mol. The Hall–Kier alpha value is -11.8. The molecule has 0 saturated carbocycles. The largest absolute Gasteiger partial charge is 0.311 e. The number of para-hydroxylation sites is 3. The molecule has 8 nitrogen and oxygen atoms in total. The van der Waals surface area contributed by atoms with E-state index in [1.807, 2.05) is 66.7 Å². The Morgan fingerprint density at radius 1 is 0.281 bits per heavy atom. The summed E-state index contributed by atoms with van der Waals surface area (Å²) in [6.45, 7) is 13.8. The van der Waals surface area contributed by atoms with E-state index in [9.17, 15) is 0 Å². The summed E-state index contributed by atoms with van der Waals surface area (Å²) in [7, 11) is 0. The molecule has 5 heterocycles. The summed E-state index contributed by atoms with van der Waals surface area (Å²) in [5.41, 5.74) is 25.6. The van der Waals surface area contributed by atoms with Gasteiger partial charge in [-0.1, -0.05) is 242 Å². The Bertz CT molecular complexity index is 5360. The molecule has 0 amide bonds. The third kappa shape index (κ3) is 10.1. The smallest absolute Gasteiger partial charge is 0.252 e. The standard InChI is InChI=1S/C87H67BN8/c1-86(2,3)63-45-50-74-67(53-63)68-54-64(87(4,5)6)46-51-75(68)96(74)76-49-44-62(85-92-83(59-26-13-8-14-27-59)91-84(93-85)60-28-15-9-16-29-60)52-69(76)73-55-72(58-24-11-7-12-25-58)89-82(90-73)61-40-38-56(39-41-61)57-42-47-66(48-43-57)95-78-35-22-20-33-71(78)88-70-32-19-21-34-77(70)94(65-30-17-10-18-31-65)79-36-23-37-80(95)81(79)88/h7-55H,1-6H3. The Labute approximate surface area is 560 Å². The molecule has 458 valence electrons. The molecule has 96 heavy (non-hydrogen) atoms. The van der Waals surface area contributed by atoms with Crippen molar-refractivity contribution in [2.24, 2.45) is 0 Å². The second-order valence-corrected chi connectivity index (χ2v) is 27.3. The molecule has 0 atom stereocenters. The fraction of sp³-hybridized carbons (Fsp3) is 0.0920. The van der Waals surface area contributed by atoms with Crippen LogP contribution in [0.15, 0.2) is 297 Å². The zero-order valence-electron chi connectivity index (χ0n) is 54.4. The first-order valence-electron chi connectivity index (χ1n) is 33.1. The lowest BCUT2D eigenvalue weighted by Crippen LogP contribution is -2.61. The summed E-state index contributed by atoms with van der Waals surface area (Å²) in [4.78, 5) is 31.6. The molecule has 15 aromatic rings. The van der Waals surface area contributed by atoms with Crippen LogP contribution in [0.5, 0.6) is 0 Å². The fourth-order valence-electron chi connectivity index (χ4n) is 14.3. The number of hydrogen-bond donors (Lipinski definition) is 0. The fourth-order valence-corrected chi connectivity index (χ4v) is 14.3. The van der Waals surface area contributed by atoms with Gasteiger partial charge < -0.3 is 14.4 Å². The number of fused-ring (bicyclic) bond motifs is 7. The summed E-state index contributed by atoms with van der Waals surface area (Å²) in [5.74, 6) is 2.35. The molecule has 12 aromatic carbocycles. The predicted molar refractivity (Wildman–Crippen MR) is 399 cm³/mol. The van der Waals surface area contributed by atoms with Gasteiger partial charge >= 0.3 is 0 Å². The number of benzene rings is 12. The van der Waals surface area contributed by atoms with Crippen LogP contribution in [0.4, 0.5) is 34.1 Å². The van der Waals surface area contributed by atoms with Gasteiger partial charge in [-0.3, -0.25) is 0 Å². The average molecular weight is 1240 g/mol. The Balaban J connectivity index is 0.802. The normalized spacial score (nSPS) is 12.6. The molecule has 0 aliphatic carbocycles. The van der Waals surface area contributed by atoms with E-state index in [1.165, 1.54) is 61.0 Å². The first-order chi connectivity index (χ1) is 46.9. The van der Waals surface area contributed by atoms with Crippen LogP contribution in [-0.4, -0.2) is 36.2 Å². The highest BCUT2D eigenvalue weighted by molar-refractivity contribution is 7.00. The van der Waals surface area contributed by atoms with Crippen molar-refractivity contribution >= 4 is 79.0 Å². The van der Waals surface area contributed by atoms with Crippen LogP contribution in [-0.2, 0) is 10.8 Å². The number of rotatable bonds is 10. The van der Waals surface area contributed by atoms with Gasteiger partial charge in [0.15, 0.2) is 23.3 Å². The van der Waals surface area contributed by atoms with Gasteiger partial charge in [0, 0.05) is 78.3 Å². The maximum Gasteiger partial charge on any atom is 0.252 e. The lowest BCUT2D eigenvalue weighted by Gasteiger charge is -2.44. The van der Waals surface area contributed by atoms with Gasteiger partial charge in [0.25, 0.3) is 6.71 Å². The van der Waals surface area contributed by atoms with Crippen molar-refractivity contribution in [2.75, 3.05) is 9.80 Å². The van der Waals surface area contributed by atoms with E-state index in [4.69, 9.17) is 24.9 Å². The number of anilines is 6. The van der Waals surface area contributed by atoms with Crippen LogP contribution in [0, 0.1) is 0 Å². The zero-order valence-corrected chi connectivity index (χ0v) is 54.4. The Morgan fingerprint density at radius 2 is 0.677 bits per heavy atom. The quantitative estimate of drug-likeness (QED) is 0.126. The minimum atomic E-state index is -0.0669. The number of hydrogen-bond acceptors (Lipinski definition) is 7. The van der Waals surface area contributed by atoms with Gasteiger partial charge in [-0.2, -0.15) is 0 Å². The molecule has 3 aromatic heterocycles. The second kappa shape index (κ2) is 23.0. The van der Waals surface area contributed by atoms with E-state index in [2.05, 4.69) is 286 Å². The van der Waals surface area contributed by atoms with Crippen LogP contribution in [0.2, 0.25) is 0 Å². The van der Waals surface area contributed by atoms with Crippen LogP contribution in [0.3, 0.4) is 0 Å². The van der Waals surface area contributed by atoms with Crippen molar-refractivity contribution < 1.29 is 0 Å². The molecular formula is C87H67BN8. The maximum absolute atomic E-state index is 5.66. The van der Waals surface area contributed by atoms with E-state index in [1.54, 1.807) is 0 Å². The van der Waals surface area contributed by atoms with Gasteiger partial charge in [-0.25, -0.2) is 24.9 Å². The van der Waals surface area contributed by atoms with E-state index < -0.39 is 0 Å². The summed E-state index contributed by atoms with van der Waals surface area (Å²) in [6, 6.07) is 107. The monoisotopic (exact) mass is 1230 g/mol. The van der Waals surface area contributed by atoms with Crippen LogP contribution in [0.1, 0.15) is 52.7 Å². The highest BCUT2D eigenvalue weighted by atomic mass is 15.2. The highest BCUT2D eigenvalue weighted by Crippen LogP contribution is 2.46. The van der Waals surface area contributed by atoms with E-state index in [0.717, 1.165) is 84.0 Å².